The van der Waals surface area contributed by atoms with Gasteiger partial charge in [-0.2, -0.15) is 0 Å². The highest BCUT2D eigenvalue weighted by Gasteiger charge is 2.23. The van der Waals surface area contributed by atoms with Gasteiger partial charge in [-0.1, -0.05) is 0 Å². The van der Waals surface area contributed by atoms with Gasteiger partial charge >= 0.3 is 0 Å². The summed E-state index contributed by atoms with van der Waals surface area (Å²) in [5, 5.41) is 1.27. The molecule has 2 heteroatoms. The first kappa shape index (κ1) is 8.84. The average molecular weight is 201 g/mol. The minimum atomic E-state index is 0.479. The molecule has 1 aliphatic rings. The Bertz CT molecular complexity index is 508. The lowest BCUT2D eigenvalue weighted by Gasteiger charge is -2.04. The normalized spacial score (nSPS) is 15.9. The molecule has 1 fully saturated rings. The maximum absolute atomic E-state index is 5.77. The second kappa shape index (κ2) is 3.02. The molecule has 1 heterocycles. The highest BCUT2D eigenvalue weighted by Crippen LogP contribution is 2.29. The molecule has 2 aromatic rings. The molecule has 0 atom stereocenters. The van der Waals surface area contributed by atoms with E-state index in [1.165, 1.54) is 29.4 Å². The van der Waals surface area contributed by atoms with Gasteiger partial charge in [0.25, 0.3) is 0 Å². The Morgan fingerprint density at radius 2 is 2.07 bits per heavy atom. The molecule has 0 aliphatic heterocycles. The van der Waals surface area contributed by atoms with Crippen LogP contribution in [0.1, 0.15) is 18.5 Å². The minimum absolute atomic E-state index is 0.479. The summed E-state index contributed by atoms with van der Waals surface area (Å²) >= 11 is 0. The molecule has 0 unspecified atom stereocenters. The first-order valence-corrected chi connectivity index (χ1v) is 5.47. The Morgan fingerprint density at radius 1 is 1.27 bits per heavy atom. The van der Waals surface area contributed by atoms with Gasteiger partial charge in [0.2, 0.25) is 0 Å². The molecule has 1 aliphatic carbocycles. The van der Waals surface area contributed by atoms with E-state index in [1.807, 2.05) is 0 Å². The van der Waals surface area contributed by atoms with Gasteiger partial charge in [0.1, 0.15) is 5.75 Å². The van der Waals surface area contributed by atoms with Crippen molar-refractivity contribution in [1.82, 2.24) is 4.57 Å². The zero-order valence-electron chi connectivity index (χ0n) is 9.16. The molecular weight excluding hydrogens is 186 g/mol. The van der Waals surface area contributed by atoms with E-state index in [1.54, 1.807) is 0 Å². The van der Waals surface area contributed by atoms with Gasteiger partial charge in [-0.25, -0.2) is 0 Å². The van der Waals surface area contributed by atoms with E-state index in [-0.39, 0.29) is 0 Å². The SMILES string of the molecule is Cc1cc2cc(OC3CC3)ccc2n1C. The quantitative estimate of drug-likeness (QED) is 0.728. The Kier molecular flexibility index (Phi) is 1.78. The van der Waals surface area contributed by atoms with Gasteiger partial charge in [0.05, 0.1) is 6.10 Å². The minimum Gasteiger partial charge on any atom is -0.490 e. The predicted octanol–water partition coefficient (Wildman–Crippen LogP) is 3.03. The first-order valence-electron chi connectivity index (χ1n) is 5.47. The van der Waals surface area contributed by atoms with Crippen molar-refractivity contribution in [3.05, 3.63) is 30.0 Å². The van der Waals surface area contributed by atoms with Crippen LogP contribution in [0, 0.1) is 6.92 Å². The first-order chi connectivity index (χ1) is 7.24. The molecule has 0 radical (unpaired) electrons. The maximum atomic E-state index is 5.77. The number of nitrogens with zero attached hydrogens (tertiary/aromatic N) is 1. The lowest BCUT2D eigenvalue weighted by atomic mass is 10.2. The third-order valence-corrected chi connectivity index (χ3v) is 3.08. The van der Waals surface area contributed by atoms with Gasteiger partial charge in [0.15, 0.2) is 0 Å². The topological polar surface area (TPSA) is 14.2 Å². The van der Waals surface area contributed by atoms with Crippen molar-refractivity contribution in [2.45, 2.75) is 25.9 Å². The van der Waals surface area contributed by atoms with Crippen LogP contribution in [0.4, 0.5) is 0 Å². The summed E-state index contributed by atoms with van der Waals surface area (Å²) < 4.78 is 7.98. The zero-order chi connectivity index (χ0) is 10.4. The fraction of sp³-hybridized carbons (Fsp3) is 0.385. The van der Waals surface area contributed by atoms with Crippen molar-refractivity contribution in [3.63, 3.8) is 0 Å². The molecule has 2 nitrogen and oxygen atoms in total. The molecule has 0 spiro atoms. The molecular formula is C13H15NO. The molecule has 0 amide bonds. The summed E-state index contributed by atoms with van der Waals surface area (Å²) in [4.78, 5) is 0. The number of hydrogen-bond donors (Lipinski definition) is 0. The van der Waals surface area contributed by atoms with Crippen LogP contribution in [0.15, 0.2) is 24.3 Å². The molecule has 3 rings (SSSR count). The van der Waals surface area contributed by atoms with E-state index < -0.39 is 0 Å². The van der Waals surface area contributed by atoms with Crippen LogP contribution in [0.25, 0.3) is 10.9 Å². The zero-order valence-corrected chi connectivity index (χ0v) is 9.16. The number of hydrogen-bond acceptors (Lipinski definition) is 1. The third-order valence-electron chi connectivity index (χ3n) is 3.08. The molecule has 0 N–H and O–H groups in total. The van der Waals surface area contributed by atoms with Crippen LogP contribution in [0.3, 0.4) is 0 Å². The number of fused-ring (bicyclic) bond motifs is 1. The number of aryl methyl sites for hydroxylation is 2. The van der Waals surface area contributed by atoms with Crippen molar-refractivity contribution in [2.24, 2.45) is 7.05 Å². The lowest BCUT2D eigenvalue weighted by Crippen LogP contribution is -1.95. The monoisotopic (exact) mass is 201 g/mol. The fourth-order valence-electron chi connectivity index (χ4n) is 1.92. The Hall–Kier alpha value is -1.44. The average Bonchev–Trinajstić information content (AvgIpc) is 2.96. The van der Waals surface area contributed by atoms with E-state index in [4.69, 9.17) is 4.74 Å². The second-order valence-corrected chi connectivity index (χ2v) is 4.38. The van der Waals surface area contributed by atoms with Crippen LogP contribution in [-0.2, 0) is 7.05 Å². The van der Waals surface area contributed by atoms with Crippen molar-refractivity contribution < 1.29 is 4.74 Å². The fourth-order valence-corrected chi connectivity index (χ4v) is 1.92. The second-order valence-electron chi connectivity index (χ2n) is 4.38. The number of aromatic nitrogens is 1. The molecule has 0 saturated heterocycles. The van der Waals surface area contributed by atoms with Gasteiger partial charge in [-0.3, -0.25) is 0 Å². The number of benzene rings is 1. The van der Waals surface area contributed by atoms with Gasteiger partial charge in [0, 0.05) is 23.6 Å². The van der Waals surface area contributed by atoms with Crippen LogP contribution in [-0.4, -0.2) is 10.7 Å². The Morgan fingerprint density at radius 3 is 2.80 bits per heavy atom. The Balaban J connectivity index is 2.05. The lowest BCUT2D eigenvalue weighted by molar-refractivity contribution is 0.303. The van der Waals surface area contributed by atoms with Gasteiger partial charge in [-0.05, 0) is 44.0 Å². The van der Waals surface area contributed by atoms with E-state index in [9.17, 15) is 0 Å². The van der Waals surface area contributed by atoms with Gasteiger partial charge in [-0.15, -0.1) is 0 Å². The van der Waals surface area contributed by atoms with Crippen LogP contribution >= 0.6 is 0 Å². The van der Waals surface area contributed by atoms with E-state index >= 15 is 0 Å². The van der Waals surface area contributed by atoms with E-state index in [0.29, 0.717) is 6.10 Å². The van der Waals surface area contributed by atoms with E-state index in [2.05, 4.69) is 42.8 Å². The smallest absolute Gasteiger partial charge is 0.120 e. The van der Waals surface area contributed by atoms with Crippen LogP contribution in [0.5, 0.6) is 5.75 Å². The summed E-state index contributed by atoms with van der Waals surface area (Å²) in [6.07, 6.45) is 2.91. The van der Waals surface area contributed by atoms with Crippen molar-refractivity contribution in [1.29, 1.82) is 0 Å². The van der Waals surface area contributed by atoms with Crippen molar-refractivity contribution >= 4 is 10.9 Å². The Labute approximate surface area is 89.5 Å². The molecule has 1 aromatic heterocycles. The molecule has 78 valence electrons. The highest BCUT2D eigenvalue weighted by atomic mass is 16.5. The van der Waals surface area contributed by atoms with E-state index in [0.717, 1.165) is 5.75 Å². The molecule has 1 saturated carbocycles. The van der Waals surface area contributed by atoms with Crippen molar-refractivity contribution in [2.75, 3.05) is 0 Å². The van der Waals surface area contributed by atoms with Crippen LogP contribution in [0.2, 0.25) is 0 Å². The molecule has 15 heavy (non-hydrogen) atoms. The van der Waals surface area contributed by atoms with Gasteiger partial charge < -0.3 is 9.30 Å². The van der Waals surface area contributed by atoms with Crippen LogP contribution < -0.4 is 4.74 Å². The summed E-state index contributed by atoms with van der Waals surface area (Å²) in [5.41, 5.74) is 2.56. The number of rotatable bonds is 2. The summed E-state index contributed by atoms with van der Waals surface area (Å²) in [6, 6.07) is 8.55. The summed E-state index contributed by atoms with van der Waals surface area (Å²) in [6.45, 7) is 2.13. The molecule has 1 aromatic carbocycles. The number of ether oxygens (including phenoxy) is 1. The summed E-state index contributed by atoms with van der Waals surface area (Å²) in [7, 11) is 2.10. The maximum Gasteiger partial charge on any atom is 0.120 e. The highest BCUT2D eigenvalue weighted by molar-refractivity contribution is 5.82. The predicted molar refractivity (Wildman–Crippen MR) is 61.3 cm³/mol. The molecule has 0 bridgehead atoms. The summed E-state index contributed by atoms with van der Waals surface area (Å²) in [5.74, 6) is 1.01. The largest absolute Gasteiger partial charge is 0.490 e. The third kappa shape index (κ3) is 1.50. The van der Waals surface area contributed by atoms with Crippen molar-refractivity contribution in [3.8, 4) is 5.75 Å². The standard InChI is InChI=1S/C13H15NO/c1-9-7-10-8-12(15-11-3-4-11)5-6-13(10)14(9)2/h5-8,11H,3-4H2,1-2H3.